The van der Waals surface area contributed by atoms with Crippen LogP contribution in [0.25, 0.3) is 0 Å². The lowest BCUT2D eigenvalue weighted by molar-refractivity contribution is -0.176. The lowest BCUT2D eigenvalue weighted by Gasteiger charge is -2.20. The second kappa shape index (κ2) is 6.48. The Labute approximate surface area is 87.1 Å². The van der Waals surface area contributed by atoms with Gasteiger partial charge in [0.1, 0.15) is 0 Å². The van der Waals surface area contributed by atoms with Crippen LogP contribution in [0.2, 0.25) is 0 Å². The molecule has 0 saturated carbocycles. The van der Waals surface area contributed by atoms with Gasteiger partial charge >= 0.3 is 6.18 Å². The molecule has 0 saturated heterocycles. The average molecular weight is 224 g/mol. The van der Waals surface area contributed by atoms with Crippen molar-refractivity contribution in [3.8, 4) is 0 Å². The summed E-state index contributed by atoms with van der Waals surface area (Å²) in [5.41, 5.74) is 0. The maximum Gasteiger partial charge on any atom is 0.392 e. The van der Waals surface area contributed by atoms with Crippen LogP contribution in [0.1, 0.15) is 26.2 Å². The second-order valence-electron chi connectivity index (χ2n) is 3.38. The third-order valence-corrected chi connectivity index (χ3v) is 2.12. The summed E-state index contributed by atoms with van der Waals surface area (Å²) < 4.78 is 41.7. The standard InChI is InChI=1S/C10H15F3O2/c1-3-4-9(10(11,12)13)6-5-8(2)15-7-14/h3,7-9H,1,4-6H2,2H3/t8-,9?/m1/s1. The first kappa shape index (κ1) is 14.0. The van der Waals surface area contributed by atoms with Gasteiger partial charge in [0.25, 0.3) is 6.47 Å². The zero-order valence-corrected chi connectivity index (χ0v) is 8.59. The number of hydrogen-bond acceptors (Lipinski definition) is 2. The molecule has 0 amide bonds. The van der Waals surface area contributed by atoms with Gasteiger partial charge in [-0.15, -0.1) is 6.58 Å². The van der Waals surface area contributed by atoms with Crippen molar-refractivity contribution in [3.63, 3.8) is 0 Å². The number of carbonyl (C=O) groups is 1. The number of rotatable bonds is 7. The Morgan fingerprint density at radius 3 is 2.40 bits per heavy atom. The summed E-state index contributed by atoms with van der Waals surface area (Å²) in [7, 11) is 0. The molecule has 0 heterocycles. The minimum Gasteiger partial charge on any atom is -0.465 e. The molecule has 1 unspecified atom stereocenters. The van der Waals surface area contributed by atoms with E-state index in [-0.39, 0.29) is 25.7 Å². The van der Waals surface area contributed by atoms with Gasteiger partial charge in [-0.2, -0.15) is 13.2 Å². The molecule has 0 spiro atoms. The van der Waals surface area contributed by atoms with Crippen molar-refractivity contribution in [1.29, 1.82) is 0 Å². The van der Waals surface area contributed by atoms with Gasteiger partial charge in [0.15, 0.2) is 0 Å². The fraction of sp³-hybridized carbons (Fsp3) is 0.700. The third kappa shape index (κ3) is 6.14. The summed E-state index contributed by atoms with van der Waals surface area (Å²) in [4.78, 5) is 9.92. The Bertz CT molecular complexity index is 201. The molecule has 2 atom stereocenters. The SMILES string of the molecule is C=CCC(CC[C@@H](C)OC=O)C(F)(F)F. The largest absolute Gasteiger partial charge is 0.465 e. The summed E-state index contributed by atoms with van der Waals surface area (Å²) in [6, 6.07) is 0. The smallest absolute Gasteiger partial charge is 0.392 e. The number of alkyl halides is 3. The molecule has 0 aromatic heterocycles. The third-order valence-electron chi connectivity index (χ3n) is 2.12. The van der Waals surface area contributed by atoms with Crippen LogP contribution in [0, 0.1) is 5.92 Å². The number of carbonyl (C=O) groups excluding carboxylic acids is 1. The predicted molar refractivity (Wildman–Crippen MR) is 50.2 cm³/mol. The van der Waals surface area contributed by atoms with Crippen LogP contribution in [-0.4, -0.2) is 18.8 Å². The van der Waals surface area contributed by atoms with Gasteiger partial charge in [-0.1, -0.05) is 6.08 Å². The van der Waals surface area contributed by atoms with E-state index in [9.17, 15) is 18.0 Å². The summed E-state index contributed by atoms with van der Waals surface area (Å²) in [5.74, 6) is -1.40. The molecule has 2 nitrogen and oxygen atoms in total. The quantitative estimate of drug-likeness (QED) is 0.490. The Kier molecular flexibility index (Phi) is 6.05. The highest BCUT2D eigenvalue weighted by atomic mass is 19.4. The van der Waals surface area contributed by atoms with E-state index in [2.05, 4.69) is 11.3 Å². The van der Waals surface area contributed by atoms with Crippen LogP contribution in [-0.2, 0) is 9.53 Å². The van der Waals surface area contributed by atoms with Crippen LogP contribution in [0.4, 0.5) is 13.2 Å². The van der Waals surface area contributed by atoms with Crippen LogP contribution in [0.3, 0.4) is 0 Å². The van der Waals surface area contributed by atoms with E-state index in [1.807, 2.05) is 0 Å². The van der Waals surface area contributed by atoms with E-state index in [0.29, 0.717) is 0 Å². The molecule has 0 aliphatic carbocycles. The van der Waals surface area contributed by atoms with Gasteiger partial charge in [0.2, 0.25) is 0 Å². The summed E-state index contributed by atoms with van der Waals surface area (Å²) in [5, 5.41) is 0. The first-order valence-electron chi connectivity index (χ1n) is 4.68. The topological polar surface area (TPSA) is 26.3 Å². The minimum atomic E-state index is -4.21. The fourth-order valence-corrected chi connectivity index (χ4v) is 1.22. The van der Waals surface area contributed by atoms with Gasteiger partial charge in [-0.25, -0.2) is 0 Å². The zero-order chi connectivity index (χ0) is 11.9. The molecular weight excluding hydrogens is 209 g/mol. The Morgan fingerprint density at radius 1 is 1.40 bits per heavy atom. The second-order valence-corrected chi connectivity index (χ2v) is 3.38. The lowest BCUT2D eigenvalue weighted by atomic mass is 9.97. The fourth-order valence-electron chi connectivity index (χ4n) is 1.22. The van der Waals surface area contributed by atoms with Gasteiger partial charge < -0.3 is 4.74 Å². The average Bonchev–Trinajstić information content (AvgIpc) is 2.10. The van der Waals surface area contributed by atoms with Crippen molar-refractivity contribution < 1.29 is 22.7 Å². The molecule has 0 aromatic carbocycles. The summed E-state index contributed by atoms with van der Waals surface area (Å²) in [6.07, 6.45) is -3.38. The van der Waals surface area contributed by atoms with Crippen molar-refractivity contribution in [2.24, 2.45) is 5.92 Å². The Balaban J connectivity index is 4.06. The van der Waals surface area contributed by atoms with E-state index < -0.39 is 18.2 Å². The van der Waals surface area contributed by atoms with Gasteiger partial charge in [0, 0.05) is 0 Å². The monoisotopic (exact) mass is 224 g/mol. The van der Waals surface area contributed by atoms with Crippen LogP contribution < -0.4 is 0 Å². The van der Waals surface area contributed by atoms with E-state index in [0.717, 1.165) is 0 Å². The molecule has 0 bridgehead atoms. The molecule has 15 heavy (non-hydrogen) atoms. The maximum absolute atomic E-state index is 12.4. The normalized spacial score (nSPS) is 15.5. The molecule has 0 aliphatic heterocycles. The highest BCUT2D eigenvalue weighted by Gasteiger charge is 2.38. The molecule has 0 N–H and O–H groups in total. The highest BCUT2D eigenvalue weighted by Crippen LogP contribution is 2.33. The van der Waals surface area contributed by atoms with Crippen molar-refractivity contribution in [3.05, 3.63) is 12.7 Å². The Morgan fingerprint density at radius 2 is 2.00 bits per heavy atom. The van der Waals surface area contributed by atoms with Gasteiger partial charge in [-0.05, 0) is 26.2 Å². The molecule has 0 aliphatic rings. The van der Waals surface area contributed by atoms with E-state index in [1.54, 1.807) is 6.92 Å². The van der Waals surface area contributed by atoms with Crippen molar-refractivity contribution >= 4 is 6.47 Å². The van der Waals surface area contributed by atoms with Crippen LogP contribution >= 0.6 is 0 Å². The molecular formula is C10H15F3O2. The molecule has 0 fully saturated rings. The number of hydrogen-bond donors (Lipinski definition) is 0. The molecule has 88 valence electrons. The van der Waals surface area contributed by atoms with Crippen molar-refractivity contribution in [1.82, 2.24) is 0 Å². The van der Waals surface area contributed by atoms with Crippen LogP contribution in [0.15, 0.2) is 12.7 Å². The first-order valence-corrected chi connectivity index (χ1v) is 4.68. The lowest BCUT2D eigenvalue weighted by Crippen LogP contribution is -2.24. The number of allylic oxidation sites excluding steroid dienone is 1. The van der Waals surface area contributed by atoms with E-state index >= 15 is 0 Å². The highest BCUT2D eigenvalue weighted by molar-refractivity contribution is 5.37. The number of halogens is 3. The van der Waals surface area contributed by atoms with Gasteiger partial charge in [-0.3, -0.25) is 4.79 Å². The van der Waals surface area contributed by atoms with E-state index in [1.165, 1.54) is 6.08 Å². The molecule has 5 heteroatoms. The summed E-state index contributed by atoms with van der Waals surface area (Å²) >= 11 is 0. The van der Waals surface area contributed by atoms with E-state index in [4.69, 9.17) is 0 Å². The molecule has 0 radical (unpaired) electrons. The minimum absolute atomic E-state index is 0.0511. The summed E-state index contributed by atoms with van der Waals surface area (Å²) in [6.45, 7) is 5.11. The molecule has 0 aromatic rings. The predicted octanol–water partition coefficient (Wildman–Crippen LogP) is 3.08. The van der Waals surface area contributed by atoms with Crippen LogP contribution in [0.5, 0.6) is 0 Å². The van der Waals surface area contributed by atoms with Gasteiger partial charge in [0.05, 0.1) is 12.0 Å². The maximum atomic E-state index is 12.4. The first-order chi connectivity index (χ1) is 6.91. The Hall–Kier alpha value is -1.00. The van der Waals surface area contributed by atoms with Crippen molar-refractivity contribution in [2.75, 3.05) is 0 Å². The zero-order valence-electron chi connectivity index (χ0n) is 8.59. The molecule has 0 rings (SSSR count). The number of ether oxygens (including phenoxy) is 1. The van der Waals surface area contributed by atoms with Crippen molar-refractivity contribution in [2.45, 2.75) is 38.5 Å².